The van der Waals surface area contributed by atoms with E-state index in [1.807, 2.05) is 13.8 Å². The lowest BCUT2D eigenvalue weighted by Gasteiger charge is -2.33. The van der Waals surface area contributed by atoms with Crippen LogP contribution in [0, 0.1) is 18.3 Å². The number of terminal acetylenes is 1. The third-order valence-electron chi connectivity index (χ3n) is 3.09. The predicted octanol–water partition coefficient (Wildman–Crippen LogP) is 4.14. The number of rotatable bonds is 1. The average Bonchev–Trinajstić information content (AvgIpc) is 3.27. The predicted molar refractivity (Wildman–Crippen MR) is 84.2 cm³/mol. The van der Waals surface area contributed by atoms with Crippen LogP contribution in [0.2, 0.25) is 0 Å². The van der Waals surface area contributed by atoms with Gasteiger partial charge in [-0.05, 0) is 37.8 Å². The van der Waals surface area contributed by atoms with Crippen LogP contribution >= 0.6 is 11.6 Å². The summed E-state index contributed by atoms with van der Waals surface area (Å²) in [5.74, 6) is 3.30. The molecule has 0 aromatic rings. The lowest BCUT2D eigenvalue weighted by molar-refractivity contribution is -0.193. The molecule has 0 aliphatic heterocycles. The smallest absolute Gasteiger partial charge is 0.379 e. The SMILES string of the molecule is C#CC1CC1.CC.CC1(N)CC=C(Cl)C=C1C(O)C(F)(F)F. The number of hydrogen-bond donors (Lipinski definition) is 2. The molecule has 0 radical (unpaired) electrons. The summed E-state index contributed by atoms with van der Waals surface area (Å²) < 4.78 is 36.9. The number of aliphatic hydroxyl groups is 1. The van der Waals surface area contributed by atoms with Crippen LogP contribution < -0.4 is 5.73 Å². The molecular weight excluding hydrogens is 315 g/mol. The summed E-state index contributed by atoms with van der Waals surface area (Å²) in [5.41, 5.74) is 4.13. The second kappa shape index (κ2) is 8.61. The van der Waals surface area contributed by atoms with Gasteiger partial charge in [-0.3, -0.25) is 0 Å². The molecular formula is C16H23ClF3NO. The summed E-state index contributed by atoms with van der Waals surface area (Å²) in [6.45, 7) is 5.42. The summed E-state index contributed by atoms with van der Waals surface area (Å²) in [4.78, 5) is 0. The van der Waals surface area contributed by atoms with Gasteiger partial charge in [-0.2, -0.15) is 13.2 Å². The number of nitrogens with two attached hydrogens (primary N) is 1. The summed E-state index contributed by atoms with van der Waals surface area (Å²) in [6, 6.07) is 0. The van der Waals surface area contributed by atoms with Gasteiger partial charge in [0.1, 0.15) is 0 Å². The van der Waals surface area contributed by atoms with Gasteiger partial charge in [0.25, 0.3) is 0 Å². The van der Waals surface area contributed by atoms with Crippen molar-refractivity contribution < 1.29 is 18.3 Å². The van der Waals surface area contributed by atoms with Gasteiger partial charge in [0.05, 0.1) is 0 Å². The normalized spacial score (nSPS) is 25.3. The average molecular weight is 338 g/mol. The lowest BCUT2D eigenvalue weighted by atomic mass is 9.82. The highest BCUT2D eigenvalue weighted by molar-refractivity contribution is 6.31. The van der Waals surface area contributed by atoms with Crippen LogP contribution in [0.15, 0.2) is 22.8 Å². The molecule has 1 fully saturated rings. The van der Waals surface area contributed by atoms with Crippen molar-refractivity contribution in [2.24, 2.45) is 11.7 Å². The molecule has 0 bridgehead atoms. The van der Waals surface area contributed by atoms with Crippen molar-refractivity contribution in [2.75, 3.05) is 0 Å². The van der Waals surface area contributed by atoms with Crippen molar-refractivity contribution in [1.29, 1.82) is 0 Å². The standard InChI is InChI=1S/C9H11ClF3NO.C5H6.C2H6/c1-8(14)3-2-5(10)4-6(8)7(15)9(11,12)13;1-2-5-3-4-5;1-2/h2,4,7,15H,3,14H2,1H3;1,5H,3-4H2;1-2H3. The number of alkyl halides is 3. The van der Waals surface area contributed by atoms with E-state index < -0.39 is 17.8 Å². The second-order valence-corrected chi connectivity index (χ2v) is 5.63. The Morgan fingerprint density at radius 1 is 1.45 bits per heavy atom. The highest BCUT2D eigenvalue weighted by atomic mass is 35.5. The van der Waals surface area contributed by atoms with Crippen molar-refractivity contribution in [2.45, 2.75) is 57.9 Å². The molecule has 3 N–H and O–H groups in total. The maximum absolute atomic E-state index is 12.3. The fraction of sp³-hybridized carbons (Fsp3) is 0.625. The Bertz CT molecular complexity index is 457. The first-order valence-electron chi connectivity index (χ1n) is 7.15. The van der Waals surface area contributed by atoms with E-state index in [1.54, 1.807) is 0 Å². The lowest BCUT2D eigenvalue weighted by Crippen LogP contribution is -2.47. The molecule has 0 amide bonds. The molecule has 2 aliphatic carbocycles. The Morgan fingerprint density at radius 3 is 2.27 bits per heavy atom. The van der Waals surface area contributed by atoms with Crippen molar-refractivity contribution >= 4 is 11.6 Å². The maximum atomic E-state index is 12.3. The van der Waals surface area contributed by atoms with Crippen molar-refractivity contribution in [3.8, 4) is 12.3 Å². The van der Waals surface area contributed by atoms with E-state index in [2.05, 4.69) is 5.92 Å². The van der Waals surface area contributed by atoms with Gasteiger partial charge in [-0.15, -0.1) is 12.3 Å². The van der Waals surface area contributed by atoms with Crippen LogP contribution in [0.5, 0.6) is 0 Å². The zero-order valence-corrected chi connectivity index (χ0v) is 13.8. The molecule has 2 nitrogen and oxygen atoms in total. The van der Waals surface area contributed by atoms with E-state index in [0.29, 0.717) is 5.92 Å². The summed E-state index contributed by atoms with van der Waals surface area (Å²) in [5, 5.41) is 9.27. The highest BCUT2D eigenvalue weighted by Gasteiger charge is 2.45. The molecule has 6 heteroatoms. The minimum atomic E-state index is -4.72. The molecule has 2 unspecified atom stereocenters. The molecule has 0 aromatic heterocycles. The van der Waals surface area contributed by atoms with Crippen molar-refractivity contribution in [3.05, 3.63) is 22.8 Å². The molecule has 0 aromatic carbocycles. The molecule has 1 saturated carbocycles. The van der Waals surface area contributed by atoms with Crippen LogP contribution in [0.3, 0.4) is 0 Å². The van der Waals surface area contributed by atoms with Crippen LogP contribution in [0.25, 0.3) is 0 Å². The third-order valence-corrected chi connectivity index (χ3v) is 3.36. The Hall–Kier alpha value is -0.960. The summed E-state index contributed by atoms with van der Waals surface area (Å²) in [6.07, 6.45) is 3.02. The summed E-state index contributed by atoms with van der Waals surface area (Å²) >= 11 is 5.58. The van der Waals surface area contributed by atoms with E-state index in [-0.39, 0.29) is 17.0 Å². The van der Waals surface area contributed by atoms with Crippen molar-refractivity contribution in [1.82, 2.24) is 0 Å². The van der Waals surface area contributed by atoms with E-state index in [1.165, 1.54) is 25.8 Å². The Kier molecular flexibility index (Phi) is 8.24. The minimum absolute atomic E-state index is 0.163. The largest absolute Gasteiger partial charge is 0.418 e. The van der Waals surface area contributed by atoms with E-state index in [0.717, 1.165) is 6.08 Å². The Labute approximate surface area is 135 Å². The minimum Gasteiger partial charge on any atom is -0.379 e. The first kappa shape index (κ1) is 21.0. The maximum Gasteiger partial charge on any atom is 0.418 e. The van der Waals surface area contributed by atoms with E-state index in [9.17, 15) is 13.2 Å². The number of hydrogen-bond acceptors (Lipinski definition) is 2. The van der Waals surface area contributed by atoms with Crippen LogP contribution in [0.4, 0.5) is 13.2 Å². The van der Waals surface area contributed by atoms with Gasteiger partial charge in [0, 0.05) is 16.5 Å². The molecule has 2 rings (SSSR count). The number of aliphatic hydroxyl groups excluding tert-OH is 1. The Balaban J connectivity index is 0.000000522. The first-order valence-corrected chi connectivity index (χ1v) is 7.53. The van der Waals surface area contributed by atoms with Crippen LogP contribution in [-0.4, -0.2) is 22.9 Å². The van der Waals surface area contributed by atoms with Gasteiger partial charge >= 0.3 is 6.18 Å². The molecule has 2 aliphatic rings. The monoisotopic (exact) mass is 337 g/mol. The van der Waals surface area contributed by atoms with Crippen LogP contribution in [0.1, 0.15) is 40.0 Å². The van der Waals surface area contributed by atoms with Crippen molar-refractivity contribution in [3.63, 3.8) is 0 Å². The molecule has 22 heavy (non-hydrogen) atoms. The van der Waals surface area contributed by atoms with Gasteiger partial charge < -0.3 is 10.8 Å². The summed E-state index contributed by atoms with van der Waals surface area (Å²) in [7, 11) is 0. The van der Waals surface area contributed by atoms with Crippen LogP contribution in [-0.2, 0) is 0 Å². The topological polar surface area (TPSA) is 46.2 Å². The second-order valence-electron chi connectivity index (χ2n) is 5.20. The highest BCUT2D eigenvalue weighted by Crippen LogP contribution is 2.35. The fourth-order valence-electron chi connectivity index (χ4n) is 1.62. The first-order chi connectivity index (χ1) is 10.1. The fourth-order valence-corrected chi connectivity index (χ4v) is 1.81. The van der Waals surface area contributed by atoms with E-state index in [4.69, 9.17) is 28.9 Å². The zero-order chi connectivity index (χ0) is 17.6. The molecule has 2 atom stereocenters. The quantitative estimate of drug-likeness (QED) is 0.706. The molecule has 0 saturated heterocycles. The molecule has 0 heterocycles. The van der Waals surface area contributed by atoms with Gasteiger partial charge in [-0.1, -0.05) is 31.5 Å². The number of halogens is 4. The zero-order valence-electron chi connectivity index (χ0n) is 13.0. The molecule has 126 valence electrons. The number of allylic oxidation sites excluding steroid dienone is 2. The van der Waals surface area contributed by atoms with Gasteiger partial charge in [0.2, 0.25) is 0 Å². The van der Waals surface area contributed by atoms with Gasteiger partial charge in [-0.25, -0.2) is 0 Å². The Morgan fingerprint density at radius 2 is 1.95 bits per heavy atom. The van der Waals surface area contributed by atoms with E-state index >= 15 is 0 Å². The van der Waals surface area contributed by atoms with Gasteiger partial charge in [0.15, 0.2) is 6.10 Å². The third kappa shape index (κ3) is 6.87. The molecule has 0 spiro atoms.